The van der Waals surface area contributed by atoms with Gasteiger partial charge in [0.15, 0.2) is 0 Å². The lowest BCUT2D eigenvalue weighted by Gasteiger charge is -2.03. The molecule has 4 nitrogen and oxygen atoms in total. The van der Waals surface area contributed by atoms with E-state index in [0.717, 1.165) is 6.21 Å². The summed E-state index contributed by atoms with van der Waals surface area (Å²) >= 11 is 0. The van der Waals surface area contributed by atoms with Crippen LogP contribution in [0.4, 0.5) is 8.78 Å². The van der Waals surface area contributed by atoms with Crippen LogP contribution in [0.2, 0.25) is 0 Å². The molecule has 0 saturated heterocycles. The van der Waals surface area contributed by atoms with Crippen molar-refractivity contribution in [1.29, 1.82) is 0 Å². The van der Waals surface area contributed by atoms with Crippen molar-refractivity contribution >= 4 is 6.21 Å². The van der Waals surface area contributed by atoms with E-state index in [2.05, 4.69) is 16.6 Å². The fourth-order valence-electron chi connectivity index (χ4n) is 1.20. The molecule has 0 aliphatic carbocycles. The molecular weight excluding hydrogens is 268 g/mol. The van der Waals surface area contributed by atoms with Gasteiger partial charge in [-0.15, -0.1) is 6.58 Å². The zero-order chi connectivity index (χ0) is 15.4. The molecule has 20 heavy (non-hydrogen) atoms. The predicted molar refractivity (Wildman–Crippen MR) is 73.7 cm³/mol. The monoisotopic (exact) mass is 287 g/mol. The molecule has 0 unspecified atom stereocenters. The lowest BCUT2D eigenvalue weighted by Crippen LogP contribution is -1.99. The first-order valence-electron chi connectivity index (χ1n) is 6.06. The van der Waals surface area contributed by atoms with Crippen molar-refractivity contribution in [3.8, 4) is 0 Å². The molecule has 0 fully saturated rings. The highest BCUT2D eigenvalue weighted by molar-refractivity contribution is 5.80. The Hall–Kier alpha value is -1.79. The smallest absolute Gasteiger partial charge is 0.135 e. The molecule has 112 valence electrons. The van der Waals surface area contributed by atoms with Crippen LogP contribution in [0.5, 0.6) is 0 Å². The van der Waals surface area contributed by atoms with Gasteiger partial charge in [0.1, 0.15) is 18.2 Å². The van der Waals surface area contributed by atoms with Crippen LogP contribution in [0.3, 0.4) is 0 Å². The summed E-state index contributed by atoms with van der Waals surface area (Å²) in [6, 6.07) is 2.35. The number of benzene rings is 1. The summed E-state index contributed by atoms with van der Waals surface area (Å²) < 4.78 is 26.8. The Balaban J connectivity index is 0.000000796. The topological polar surface area (TPSA) is 62.0 Å². The third-order valence-electron chi connectivity index (χ3n) is 2.05. The summed E-state index contributed by atoms with van der Waals surface area (Å²) in [5.41, 5.74) is 0.168. The predicted octanol–water partition coefficient (Wildman–Crippen LogP) is 2.03. The second-order valence-electron chi connectivity index (χ2n) is 3.57. The largest absolute Gasteiger partial charge is 0.396 e. The van der Waals surface area contributed by atoms with Gasteiger partial charge >= 0.3 is 0 Å². The van der Waals surface area contributed by atoms with Gasteiger partial charge in [0.2, 0.25) is 0 Å². The van der Waals surface area contributed by atoms with Crippen molar-refractivity contribution in [3.63, 3.8) is 0 Å². The van der Waals surface area contributed by atoms with Crippen LogP contribution < -0.4 is 0 Å². The SMILES string of the molecule is C=CCO.CCO/N=C/c1c(F)cc(CCO)cc1F. The first-order chi connectivity index (χ1) is 9.60. The molecule has 0 radical (unpaired) electrons. The Kier molecular flexibility index (Phi) is 10.1. The Labute approximate surface area is 117 Å². The molecule has 0 aliphatic rings. The van der Waals surface area contributed by atoms with Crippen LogP contribution >= 0.6 is 0 Å². The summed E-state index contributed by atoms with van der Waals surface area (Å²) in [5, 5.41) is 19.8. The van der Waals surface area contributed by atoms with Crippen molar-refractivity contribution < 1.29 is 23.8 Å². The number of halogens is 2. The Morgan fingerprint density at radius 2 is 1.85 bits per heavy atom. The van der Waals surface area contributed by atoms with E-state index < -0.39 is 11.6 Å². The van der Waals surface area contributed by atoms with Gasteiger partial charge in [-0.3, -0.25) is 0 Å². The third kappa shape index (κ3) is 6.96. The number of hydrogen-bond donors (Lipinski definition) is 2. The fourth-order valence-corrected chi connectivity index (χ4v) is 1.20. The van der Waals surface area contributed by atoms with Crippen molar-refractivity contribution in [3.05, 3.63) is 47.5 Å². The molecule has 0 amide bonds. The second kappa shape index (κ2) is 11.1. The number of aliphatic hydroxyl groups excluding tert-OH is 2. The van der Waals surface area contributed by atoms with E-state index in [1.165, 1.54) is 18.2 Å². The molecule has 0 spiro atoms. The van der Waals surface area contributed by atoms with E-state index in [-0.39, 0.29) is 25.2 Å². The van der Waals surface area contributed by atoms with Gasteiger partial charge in [0.05, 0.1) is 18.4 Å². The standard InChI is InChI=1S/C11H13F2NO2.C3H6O/c1-2-16-14-7-9-10(12)5-8(3-4-15)6-11(9)13;1-2-3-4/h5-7,15H,2-4H2,1H3;2,4H,1,3H2/b14-7+;. The first-order valence-corrected chi connectivity index (χ1v) is 6.06. The Morgan fingerprint density at radius 3 is 2.25 bits per heavy atom. The van der Waals surface area contributed by atoms with E-state index in [0.29, 0.717) is 12.2 Å². The molecule has 1 aromatic rings. The minimum atomic E-state index is -0.716. The average molecular weight is 287 g/mol. The van der Waals surface area contributed by atoms with Gasteiger partial charge in [-0.1, -0.05) is 11.2 Å². The summed E-state index contributed by atoms with van der Waals surface area (Å²) in [6.45, 7) is 5.22. The molecule has 0 aromatic heterocycles. The van der Waals surface area contributed by atoms with Gasteiger partial charge in [-0.05, 0) is 31.0 Å². The van der Waals surface area contributed by atoms with Crippen molar-refractivity contribution in [2.45, 2.75) is 13.3 Å². The summed E-state index contributed by atoms with van der Waals surface area (Å²) in [6.07, 6.45) is 2.65. The zero-order valence-electron chi connectivity index (χ0n) is 11.4. The van der Waals surface area contributed by atoms with Crippen LogP contribution in [0.15, 0.2) is 29.9 Å². The number of hydrogen-bond acceptors (Lipinski definition) is 4. The molecule has 2 N–H and O–H groups in total. The number of aliphatic hydroxyl groups is 2. The highest BCUT2D eigenvalue weighted by Crippen LogP contribution is 2.14. The van der Waals surface area contributed by atoms with Crippen molar-refractivity contribution in [2.24, 2.45) is 5.16 Å². The number of oxime groups is 1. The minimum Gasteiger partial charge on any atom is -0.396 e. The van der Waals surface area contributed by atoms with Gasteiger partial charge in [-0.2, -0.15) is 0 Å². The average Bonchev–Trinajstić information content (AvgIpc) is 2.42. The normalized spacial score (nSPS) is 10.1. The van der Waals surface area contributed by atoms with Crippen LogP contribution in [-0.2, 0) is 11.3 Å². The lowest BCUT2D eigenvalue weighted by atomic mass is 10.1. The summed E-state index contributed by atoms with van der Waals surface area (Å²) in [5.74, 6) is -1.43. The molecule has 1 aromatic carbocycles. The molecular formula is C14H19F2NO3. The quantitative estimate of drug-likeness (QED) is 0.478. The zero-order valence-corrected chi connectivity index (χ0v) is 11.4. The van der Waals surface area contributed by atoms with Crippen LogP contribution in [0.1, 0.15) is 18.1 Å². The summed E-state index contributed by atoms with van der Waals surface area (Å²) in [4.78, 5) is 4.62. The maximum absolute atomic E-state index is 13.4. The molecule has 1 rings (SSSR count). The molecule has 0 atom stereocenters. The van der Waals surface area contributed by atoms with Gasteiger partial charge in [0, 0.05) is 6.61 Å². The molecule has 6 heteroatoms. The number of nitrogens with zero attached hydrogens (tertiary/aromatic N) is 1. The second-order valence-corrected chi connectivity index (χ2v) is 3.57. The lowest BCUT2D eigenvalue weighted by molar-refractivity contribution is 0.160. The van der Waals surface area contributed by atoms with E-state index in [4.69, 9.17) is 10.2 Å². The highest BCUT2D eigenvalue weighted by atomic mass is 19.1. The van der Waals surface area contributed by atoms with Gasteiger partial charge < -0.3 is 15.1 Å². The maximum atomic E-state index is 13.4. The number of rotatable bonds is 6. The van der Waals surface area contributed by atoms with E-state index in [1.54, 1.807) is 6.92 Å². The fraction of sp³-hybridized carbons (Fsp3) is 0.357. The molecule has 0 bridgehead atoms. The van der Waals surface area contributed by atoms with Gasteiger partial charge in [-0.25, -0.2) is 8.78 Å². The maximum Gasteiger partial charge on any atom is 0.135 e. The van der Waals surface area contributed by atoms with E-state index in [9.17, 15) is 8.78 Å². The van der Waals surface area contributed by atoms with Crippen molar-refractivity contribution in [1.82, 2.24) is 0 Å². The molecule has 0 aliphatic heterocycles. The highest BCUT2D eigenvalue weighted by Gasteiger charge is 2.09. The molecule has 0 heterocycles. The minimum absolute atomic E-state index is 0.0833. The Bertz CT molecular complexity index is 413. The van der Waals surface area contributed by atoms with Crippen LogP contribution in [0, 0.1) is 11.6 Å². The summed E-state index contributed by atoms with van der Waals surface area (Å²) in [7, 11) is 0. The van der Waals surface area contributed by atoms with Crippen LogP contribution in [-0.4, -0.2) is 36.2 Å². The third-order valence-corrected chi connectivity index (χ3v) is 2.05. The Morgan fingerprint density at radius 1 is 1.30 bits per heavy atom. The van der Waals surface area contributed by atoms with E-state index >= 15 is 0 Å². The first kappa shape index (κ1) is 18.2. The van der Waals surface area contributed by atoms with E-state index in [1.807, 2.05) is 0 Å². The van der Waals surface area contributed by atoms with Crippen LogP contribution in [0.25, 0.3) is 0 Å². The van der Waals surface area contributed by atoms with Crippen molar-refractivity contribution in [2.75, 3.05) is 19.8 Å². The molecule has 0 saturated carbocycles. The van der Waals surface area contributed by atoms with Gasteiger partial charge in [0.25, 0.3) is 0 Å².